The van der Waals surface area contributed by atoms with Gasteiger partial charge in [0.15, 0.2) is 0 Å². The summed E-state index contributed by atoms with van der Waals surface area (Å²) in [4.78, 5) is 0. The minimum Gasteiger partial charge on any atom is -0.267 e. The third-order valence-electron chi connectivity index (χ3n) is 3.04. The summed E-state index contributed by atoms with van der Waals surface area (Å²) in [5.74, 6) is 0. The second kappa shape index (κ2) is 4.12. The van der Waals surface area contributed by atoms with E-state index in [2.05, 4.69) is 50.1 Å². The van der Waals surface area contributed by atoms with Crippen molar-refractivity contribution >= 4 is 0 Å². The van der Waals surface area contributed by atoms with Crippen LogP contribution in [0.1, 0.15) is 23.7 Å². The van der Waals surface area contributed by atoms with Crippen LogP contribution >= 0.6 is 0 Å². The molecule has 0 radical (unpaired) electrons. The maximum absolute atomic E-state index is 4.54. The molecule has 16 heavy (non-hydrogen) atoms. The second-order valence-electron chi connectivity index (χ2n) is 4.26. The van der Waals surface area contributed by atoms with Gasteiger partial charge in [0.05, 0.1) is 11.4 Å². The number of hydrogen-bond acceptors (Lipinski definition) is 1. The highest BCUT2D eigenvalue weighted by Gasteiger charge is 2.12. The molecule has 0 amide bonds. The van der Waals surface area contributed by atoms with Gasteiger partial charge in [0.1, 0.15) is 0 Å². The van der Waals surface area contributed by atoms with E-state index in [9.17, 15) is 0 Å². The Balaban J connectivity index is 2.55. The molecule has 1 aromatic carbocycles. The molecule has 84 valence electrons. The van der Waals surface area contributed by atoms with Gasteiger partial charge in [-0.05, 0) is 25.8 Å². The zero-order chi connectivity index (χ0) is 11.7. The lowest BCUT2D eigenvalue weighted by Gasteiger charge is -2.04. The van der Waals surface area contributed by atoms with Gasteiger partial charge in [0, 0.05) is 12.6 Å². The van der Waals surface area contributed by atoms with Gasteiger partial charge in [0.25, 0.3) is 0 Å². The van der Waals surface area contributed by atoms with E-state index in [-0.39, 0.29) is 0 Å². The number of rotatable bonds is 2. The average molecular weight is 214 g/mol. The number of aromatic nitrogens is 2. The van der Waals surface area contributed by atoms with Crippen molar-refractivity contribution in [1.29, 1.82) is 0 Å². The van der Waals surface area contributed by atoms with E-state index in [0.717, 1.165) is 6.42 Å². The smallest absolute Gasteiger partial charge is 0.0710 e. The summed E-state index contributed by atoms with van der Waals surface area (Å²) in [7, 11) is 2.02. The highest BCUT2D eigenvalue weighted by Crippen LogP contribution is 2.25. The van der Waals surface area contributed by atoms with Gasteiger partial charge in [-0.15, -0.1) is 0 Å². The summed E-state index contributed by atoms with van der Waals surface area (Å²) in [5.41, 5.74) is 6.26. The first-order chi connectivity index (χ1) is 7.63. The molecule has 0 fully saturated rings. The molecule has 1 aromatic heterocycles. The fourth-order valence-electron chi connectivity index (χ4n) is 2.14. The Kier molecular flexibility index (Phi) is 2.82. The van der Waals surface area contributed by atoms with Crippen LogP contribution in [0, 0.1) is 13.8 Å². The van der Waals surface area contributed by atoms with E-state index in [0.29, 0.717) is 0 Å². The van der Waals surface area contributed by atoms with Crippen LogP contribution in [0.5, 0.6) is 0 Å². The molecular formula is C14H18N2. The molecule has 0 N–H and O–H groups in total. The lowest BCUT2D eigenvalue weighted by molar-refractivity contribution is 0.753. The minimum absolute atomic E-state index is 0.992. The summed E-state index contributed by atoms with van der Waals surface area (Å²) in [5, 5.41) is 4.54. The predicted octanol–water partition coefficient (Wildman–Crippen LogP) is 3.27. The molecule has 0 spiro atoms. The van der Waals surface area contributed by atoms with Gasteiger partial charge >= 0.3 is 0 Å². The monoisotopic (exact) mass is 214 g/mol. The van der Waals surface area contributed by atoms with Crippen molar-refractivity contribution in [3.05, 3.63) is 41.1 Å². The third kappa shape index (κ3) is 1.75. The number of aryl methyl sites for hydroxylation is 3. The topological polar surface area (TPSA) is 17.8 Å². The summed E-state index contributed by atoms with van der Waals surface area (Å²) >= 11 is 0. The summed E-state index contributed by atoms with van der Waals surface area (Å²) in [6.45, 7) is 6.41. The first-order valence-corrected chi connectivity index (χ1v) is 5.73. The molecule has 0 aliphatic carbocycles. The molecule has 1 heterocycles. The molecule has 0 saturated heterocycles. The first kappa shape index (κ1) is 10.9. The van der Waals surface area contributed by atoms with Gasteiger partial charge < -0.3 is 0 Å². The normalized spacial score (nSPS) is 10.8. The van der Waals surface area contributed by atoms with Crippen LogP contribution in [0.4, 0.5) is 0 Å². The van der Waals surface area contributed by atoms with Crippen molar-refractivity contribution in [3.8, 4) is 11.3 Å². The molecular weight excluding hydrogens is 196 g/mol. The quantitative estimate of drug-likeness (QED) is 0.750. The maximum atomic E-state index is 4.54. The van der Waals surface area contributed by atoms with Crippen LogP contribution in [-0.2, 0) is 13.5 Å². The summed E-state index contributed by atoms with van der Waals surface area (Å²) < 4.78 is 1.98. The highest BCUT2D eigenvalue weighted by atomic mass is 15.3. The molecule has 0 bridgehead atoms. The Morgan fingerprint density at radius 1 is 1.12 bits per heavy atom. The van der Waals surface area contributed by atoms with Crippen molar-refractivity contribution in [2.45, 2.75) is 27.2 Å². The summed E-state index contributed by atoms with van der Waals surface area (Å²) in [6.07, 6.45) is 0.992. The zero-order valence-corrected chi connectivity index (χ0v) is 10.4. The standard InChI is InChI=1S/C14H18N2/c1-5-13-11(3)14(16(4)15-13)12-8-6-10(2)7-9-12/h6-9H,5H2,1-4H3. The zero-order valence-electron chi connectivity index (χ0n) is 10.4. The molecule has 2 rings (SSSR count). The number of benzene rings is 1. The Morgan fingerprint density at radius 3 is 2.25 bits per heavy atom. The van der Waals surface area contributed by atoms with Crippen molar-refractivity contribution < 1.29 is 0 Å². The highest BCUT2D eigenvalue weighted by molar-refractivity contribution is 5.64. The second-order valence-corrected chi connectivity index (χ2v) is 4.26. The molecule has 0 atom stereocenters. The third-order valence-corrected chi connectivity index (χ3v) is 3.04. The average Bonchev–Trinajstić information content (AvgIpc) is 2.56. The molecule has 0 saturated carbocycles. The van der Waals surface area contributed by atoms with Gasteiger partial charge in [0.2, 0.25) is 0 Å². The van der Waals surface area contributed by atoms with Gasteiger partial charge in [-0.1, -0.05) is 36.8 Å². The van der Waals surface area contributed by atoms with E-state index in [1.807, 2.05) is 11.7 Å². The van der Waals surface area contributed by atoms with Crippen LogP contribution in [0.2, 0.25) is 0 Å². The molecule has 2 heteroatoms. The van der Waals surface area contributed by atoms with Crippen LogP contribution in [0.25, 0.3) is 11.3 Å². The van der Waals surface area contributed by atoms with Crippen LogP contribution in [0.15, 0.2) is 24.3 Å². The number of hydrogen-bond donors (Lipinski definition) is 0. The van der Waals surface area contributed by atoms with Crippen molar-refractivity contribution in [2.24, 2.45) is 7.05 Å². The first-order valence-electron chi connectivity index (χ1n) is 5.73. The Hall–Kier alpha value is -1.57. The van der Waals surface area contributed by atoms with E-state index in [1.54, 1.807) is 0 Å². The Bertz CT molecular complexity index is 492. The largest absolute Gasteiger partial charge is 0.267 e. The van der Waals surface area contributed by atoms with Crippen LogP contribution in [0.3, 0.4) is 0 Å². The van der Waals surface area contributed by atoms with Crippen LogP contribution in [-0.4, -0.2) is 9.78 Å². The molecule has 2 aromatic rings. The van der Waals surface area contributed by atoms with E-state index in [1.165, 1.54) is 28.1 Å². The maximum Gasteiger partial charge on any atom is 0.0710 e. The van der Waals surface area contributed by atoms with Crippen molar-refractivity contribution in [2.75, 3.05) is 0 Å². The predicted molar refractivity (Wildman–Crippen MR) is 67.5 cm³/mol. The van der Waals surface area contributed by atoms with Crippen molar-refractivity contribution in [3.63, 3.8) is 0 Å². The molecule has 0 unspecified atom stereocenters. The minimum atomic E-state index is 0.992. The number of nitrogens with zero attached hydrogens (tertiary/aromatic N) is 2. The van der Waals surface area contributed by atoms with E-state index >= 15 is 0 Å². The van der Waals surface area contributed by atoms with E-state index < -0.39 is 0 Å². The Labute approximate surface area is 96.9 Å². The van der Waals surface area contributed by atoms with Crippen LogP contribution < -0.4 is 0 Å². The van der Waals surface area contributed by atoms with Gasteiger partial charge in [-0.3, -0.25) is 4.68 Å². The molecule has 0 aliphatic rings. The summed E-state index contributed by atoms with van der Waals surface area (Å²) in [6, 6.07) is 8.62. The lowest BCUT2D eigenvalue weighted by atomic mass is 10.0. The Morgan fingerprint density at radius 2 is 1.75 bits per heavy atom. The van der Waals surface area contributed by atoms with E-state index in [4.69, 9.17) is 0 Å². The SMILES string of the molecule is CCc1nn(C)c(-c2ccc(C)cc2)c1C. The fourth-order valence-corrected chi connectivity index (χ4v) is 2.14. The van der Waals surface area contributed by atoms with Gasteiger partial charge in [-0.25, -0.2) is 0 Å². The molecule has 2 nitrogen and oxygen atoms in total. The van der Waals surface area contributed by atoms with Crippen molar-refractivity contribution in [1.82, 2.24) is 9.78 Å². The fraction of sp³-hybridized carbons (Fsp3) is 0.357. The van der Waals surface area contributed by atoms with Gasteiger partial charge in [-0.2, -0.15) is 5.10 Å². The molecule has 0 aliphatic heterocycles. The lowest BCUT2D eigenvalue weighted by Crippen LogP contribution is -1.94.